The molecule has 2 fully saturated rings. The zero-order valence-corrected chi connectivity index (χ0v) is 14.9. The lowest BCUT2D eigenvalue weighted by Gasteiger charge is -2.46. The van der Waals surface area contributed by atoms with Crippen molar-refractivity contribution in [3.05, 3.63) is 40.3 Å². The number of nitrogens with zero attached hydrogens (tertiary/aromatic N) is 3. The smallest absolute Gasteiger partial charge is 0.184 e. The van der Waals surface area contributed by atoms with Gasteiger partial charge in [0.15, 0.2) is 12.6 Å². The lowest BCUT2D eigenvalue weighted by Crippen LogP contribution is -2.61. The minimum Gasteiger partial charge on any atom is -0.497 e. The molecule has 6 atom stereocenters. The molecule has 1 N–H and O–H groups in total. The summed E-state index contributed by atoms with van der Waals surface area (Å²) in [5.74, 6) is 0.723. The number of rotatable bonds is 5. The van der Waals surface area contributed by atoms with E-state index in [-0.39, 0.29) is 12.7 Å². The second kappa shape index (κ2) is 8.22. The molecular formula is C17H23N3O6. The predicted octanol–water partition coefficient (Wildman–Crippen LogP) is 2.30. The molecule has 2 saturated heterocycles. The first kappa shape index (κ1) is 18.9. The van der Waals surface area contributed by atoms with E-state index < -0.39 is 36.9 Å². The molecule has 1 aromatic rings. The van der Waals surface area contributed by atoms with Crippen LogP contribution in [0.5, 0.6) is 5.75 Å². The summed E-state index contributed by atoms with van der Waals surface area (Å²) in [4.78, 5) is 2.81. The molecule has 0 aromatic heterocycles. The summed E-state index contributed by atoms with van der Waals surface area (Å²) in [6, 6.07) is 6.36. The van der Waals surface area contributed by atoms with Crippen molar-refractivity contribution in [3.8, 4) is 5.75 Å². The number of methoxy groups -OCH3 is 1. The second-order valence-corrected chi connectivity index (χ2v) is 6.45. The van der Waals surface area contributed by atoms with Gasteiger partial charge in [-0.25, -0.2) is 0 Å². The highest BCUT2D eigenvalue weighted by Crippen LogP contribution is 2.36. The fourth-order valence-corrected chi connectivity index (χ4v) is 3.07. The van der Waals surface area contributed by atoms with Crippen LogP contribution in [0.3, 0.4) is 0 Å². The monoisotopic (exact) mass is 365 g/mol. The van der Waals surface area contributed by atoms with Crippen molar-refractivity contribution in [2.75, 3.05) is 13.7 Å². The topological polar surface area (TPSA) is 115 Å². The molecule has 142 valence electrons. The van der Waals surface area contributed by atoms with E-state index in [4.69, 9.17) is 29.2 Å². The van der Waals surface area contributed by atoms with Gasteiger partial charge in [-0.2, -0.15) is 0 Å². The van der Waals surface area contributed by atoms with Gasteiger partial charge in [0.25, 0.3) is 0 Å². The van der Waals surface area contributed by atoms with Gasteiger partial charge in [0, 0.05) is 10.5 Å². The van der Waals surface area contributed by atoms with Crippen molar-refractivity contribution in [1.82, 2.24) is 0 Å². The maximum atomic E-state index is 10.7. The fraction of sp³-hybridized carbons (Fsp3) is 0.647. The highest BCUT2D eigenvalue weighted by atomic mass is 16.7. The molecule has 9 nitrogen and oxygen atoms in total. The molecular weight excluding hydrogens is 342 g/mol. The first-order valence-corrected chi connectivity index (χ1v) is 8.47. The lowest BCUT2D eigenvalue weighted by atomic mass is 9.96. The molecule has 0 saturated carbocycles. The second-order valence-electron chi connectivity index (χ2n) is 6.45. The number of hydrogen-bond acceptors (Lipinski definition) is 7. The van der Waals surface area contributed by atoms with Gasteiger partial charge in [-0.15, -0.1) is 0 Å². The lowest BCUT2D eigenvalue weighted by molar-refractivity contribution is -0.345. The number of aliphatic hydroxyl groups is 1. The average molecular weight is 365 g/mol. The van der Waals surface area contributed by atoms with Gasteiger partial charge in [0.05, 0.1) is 25.9 Å². The Bertz CT molecular complexity index is 648. The van der Waals surface area contributed by atoms with Crippen LogP contribution in [0.1, 0.15) is 25.7 Å². The first-order valence-electron chi connectivity index (χ1n) is 8.47. The zero-order valence-electron chi connectivity index (χ0n) is 14.9. The van der Waals surface area contributed by atoms with Gasteiger partial charge in [0.2, 0.25) is 0 Å². The van der Waals surface area contributed by atoms with Crippen LogP contribution in [-0.2, 0) is 18.9 Å². The molecule has 0 aliphatic carbocycles. The van der Waals surface area contributed by atoms with E-state index in [1.54, 1.807) is 19.2 Å². The van der Waals surface area contributed by atoms with E-state index >= 15 is 0 Å². The summed E-state index contributed by atoms with van der Waals surface area (Å²) < 4.78 is 28.3. The maximum absolute atomic E-state index is 10.7. The molecule has 3 rings (SSSR count). The molecule has 2 heterocycles. The van der Waals surface area contributed by atoms with Gasteiger partial charge in [-0.3, -0.25) is 0 Å². The minimum absolute atomic E-state index is 0.155. The van der Waals surface area contributed by atoms with Crippen LogP contribution in [0.4, 0.5) is 0 Å². The van der Waals surface area contributed by atoms with Crippen molar-refractivity contribution in [2.45, 2.75) is 56.9 Å². The summed E-state index contributed by atoms with van der Waals surface area (Å²) >= 11 is 0. The molecule has 0 radical (unpaired) electrons. The molecule has 2 aliphatic rings. The first-order chi connectivity index (χ1) is 12.5. The maximum Gasteiger partial charge on any atom is 0.184 e. The van der Waals surface area contributed by atoms with Gasteiger partial charge in [0.1, 0.15) is 24.0 Å². The van der Waals surface area contributed by atoms with Gasteiger partial charge < -0.3 is 28.8 Å². The van der Waals surface area contributed by atoms with Gasteiger partial charge in [-0.1, -0.05) is 17.2 Å². The Labute approximate surface area is 151 Å². The molecule has 1 aromatic carbocycles. The number of fused-ring (bicyclic) bond motifs is 1. The third-order valence-electron chi connectivity index (χ3n) is 4.31. The number of aliphatic hydroxyl groups excluding tert-OH is 1. The van der Waals surface area contributed by atoms with E-state index in [0.29, 0.717) is 0 Å². The Morgan fingerprint density at radius 3 is 2.62 bits per heavy atom. The number of hydrogen-bond donors (Lipinski definition) is 1. The molecule has 9 heteroatoms. The highest BCUT2D eigenvalue weighted by Gasteiger charge is 2.49. The van der Waals surface area contributed by atoms with Crippen molar-refractivity contribution in [3.63, 3.8) is 0 Å². The van der Waals surface area contributed by atoms with Crippen molar-refractivity contribution in [1.29, 1.82) is 0 Å². The van der Waals surface area contributed by atoms with Gasteiger partial charge in [-0.05, 0) is 31.5 Å². The van der Waals surface area contributed by atoms with Crippen LogP contribution < -0.4 is 4.74 Å². The van der Waals surface area contributed by atoms with E-state index in [1.165, 1.54) is 0 Å². The third kappa shape index (κ3) is 3.93. The number of benzene rings is 1. The van der Waals surface area contributed by atoms with Crippen LogP contribution in [0.2, 0.25) is 0 Å². The Hall–Kier alpha value is -1.87. The minimum atomic E-state index is -1.07. The SMILES string of the molecule is COc1ccc(C2OCC3O[C@@H](OC(C)C)C(N=[N+]=[N-])[C@@H](O)[C@H]3O2)cc1. The molecule has 0 bridgehead atoms. The Morgan fingerprint density at radius 2 is 2.00 bits per heavy atom. The van der Waals surface area contributed by atoms with Crippen LogP contribution >= 0.6 is 0 Å². The highest BCUT2D eigenvalue weighted by molar-refractivity contribution is 5.28. The largest absolute Gasteiger partial charge is 0.497 e. The molecule has 0 spiro atoms. The zero-order chi connectivity index (χ0) is 18.7. The molecule has 2 aliphatic heterocycles. The van der Waals surface area contributed by atoms with Crippen molar-refractivity contribution in [2.24, 2.45) is 5.11 Å². The quantitative estimate of drug-likeness (QED) is 0.486. The normalized spacial score (nSPS) is 34.0. The van der Waals surface area contributed by atoms with E-state index in [0.717, 1.165) is 11.3 Å². The molecule has 0 amide bonds. The number of azide groups is 1. The summed E-state index contributed by atoms with van der Waals surface area (Å²) in [6.07, 6.45) is -3.95. The van der Waals surface area contributed by atoms with Crippen LogP contribution in [0.25, 0.3) is 10.4 Å². The predicted molar refractivity (Wildman–Crippen MR) is 90.4 cm³/mol. The van der Waals surface area contributed by atoms with Gasteiger partial charge >= 0.3 is 0 Å². The Kier molecular flexibility index (Phi) is 5.98. The number of ether oxygens (including phenoxy) is 5. The molecule has 3 unspecified atom stereocenters. The van der Waals surface area contributed by atoms with E-state index in [9.17, 15) is 5.11 Å². The van der Waals surface area contributed by atoms with Crippen molar-refractivity contribution < 1.29 is 28.8 Å². The summed E-state index contributed by atoms with van der Waals surface area (Å²) in [5.41, 5.74) is 9.61. The third-order valence-corrected chi connectivity index (χ3v) is 4.31. The van der Waals surface area contributed by atoms with Crippen LogP contribution in [-0.4, -0.2) is 55.6 Å². The average Bonchev–Trinajstić information content (AvgIpc) is 2.64. The van der Waals surface area contributed by atoms with Crippen molar-refractivity contribution >= 4 is 0 Å². The summed E-state index contributed by atoms with van der Waals surface area (Å²) in [7, 11) is 1.59. The summed E-state index contributed by atoms with van der Waals surface area (Å²) in [6.45, 7) is 3.89. The Morgan fingerprint density at radius 1 is 1.27 bits per heavy atom. The van der Waals surface area contributed by atoms with E-state index in [1.807, 2.05) is 26.0 Å². The van der Waals surface area contributed by atoms with Crippen LogP contribution in [0, 0.1) is 0 Å². The summed E-state index contributed by atoms with van der Waals surface area (Å²) in [5, 5.41) is 14.4. The van der Waals surface area contributed by atoms with E-state index in [2.05, 4.69) is 10.0 Å². The van der Waals surface area contributed by atoms with Crippen LogP contribution in [0.15, 0.2) is 29.4 Å². The fourth-order valence-electron chi connectivity index (χ4n) is 3.07. The Balaban J connectivity index is 1.75. The standard InChI is InChI=1S/C17H23N3O6/c1-9(2)24-17-13(19-20-18)14(21)15-12(25-17)8-23-16(26-15)10-4-6-11(22-3)7-5-10/h4-7,9,12-17,21H,8H2,1-3H3/t12?,13?,14-,15+,16?,17-/m1/s1. The molecule has 26 heavy (non-hydrogen) atoms.